The summed E-state index contributed by atoms with van der Waals surface area (Å²) in [6, 6.07) is 0. The van der Waals surface area contributed by atoms with Crippen molar-refractivity contribution in [2.75, 3.05) is 6.54 Å². The van der Waals surface area contributed by atoms with E-state index in [1.165, 1.54) is 4.90 Å². The van der Waals surface area contributed by atoms with Crippen LogP contribution in [0.4, 0.5) is 4.79 Å². The number of carbonyl (C=O) groups is 2. The number of hydrogen-bond acceptors (Lipinski definition) is 3. The molecule has 1 saturated heterocycles. The Hall–Kier alpha value is -1.06. The van der Waals surface area contributed by atoms with Gasteiger partial charge in [-0.3, -0.25) is 4.79 Å². The molecule has 0 aliphatic carbocycles. The number of hydrogen-bond donors (Lipinski definition) is 0. The molecule has 1 rings (SSSR count). The molecule has 4 heteroatoms. The van der Waals surface area contributed by atoms with Gasteiger partial charge in [-0.05, 0) is 25.7 Å². The largest absolute Gasteiger partial charge is 0.433 e. The Labute approximate surface area is 90.6 Å². The minimum atomic E-state index is -0.991. The maximum atomic E-state index is 11.7. The Morgan fingerprint density at radius 2 is 1.80 bits per heavy atom. The van der Waals surface area contributed by atoms with E-state index in [9.17, 15) is 9.59 Å². The highest BCUT2D eigenvalue weighted by molar-refractivity contribution is 6.02. The predicted molar refractivity (Wildman–Crippen MR) is 56.3 cm³/mol. The average Bonchev–Trinajstić information content (AvgIpc) is 2.18. The van der Waals surface area contributed by atoms with E-state index < -0.39 is 11.7 Å². The zero-order valence-electron chi connectivity index (χ0n) is 10.1. The van der Waals surface area contributed by atoms with Crippen molar-refractivity contribution in [1.82, 2.24) is 4.90 Å². The van der Waals surface area contributed by atoms with Crippen LogP contribution >= 0.6 is 0 Å². The van der Waals surface area contributed by atoms with Gasteiger partial charge in [-0.15, -0.1) is 0 Å². The van der Waals surface area contributed by atoms with Crippen LogP contribution in [0.1, 0.15) is 41.0 Å². The fourth-order valence-corrected chi connectivity index (χ4v) is 1.36. The first-order valence-corrected chi connectivity index (χ1v) is 5.18. The normalized spacial score (nSPS) is 20.7. The van der Waals surface area contributed by atoms with Crippen LogP contribution in [0, 0.1) is 5.41 Å². The van der Waals surface area contributed by atoms with E-state index in [0.29, 0.717) is 6.54 Å². The fourth-order valence-electron chi connectivity index (χ4n) is 1.36. The van der Waals surface area contributed by atoms with Gasteiger partial charge in [0.15, 0.2) is 5.60 Å². The maximum absolute atomic E-state index is 11.7. The van der Waals surface area contributed by atoms with Crippen LogP contribution in [0.3, 0.4) is 0 Å². The summed E-state index contributed by atoms with van der Waals surface area (Å²) in [5.41, 5.74) is -0.887. The number of cyclic esters (lactones) is 1. The summed E-state index contributed by atoms with van der Waals surface area (Å²) in [4.78, 5) is 24.3. The highest BCUT2D eigenvalue weighted by Gasteiger charge is 2.46. The Morgan fingerprint density at radius 1 is 1.27 bits per heavy atom. The van der Waals surface area contributed by atoms with Crippen molar-refractivity contribution in [3.8, 4) is 0 Å². The second kappa shape index (κ2) is 3.51. The van der Waals surface area contributed by atoms with Gasteiger partial charge in [0.25, 0.3) is 5.91 Å². The molecular weight excluding hydrogens is 194 g/mol. The monoisotopic (exact) mass is 213 g/mol. The van der Waals surface area contributed by atoms with E-state index in [0.717, 1.165) is 6.42 Å². The fraction of sp³-hybridized carbons (Fsp3) is 0.818. The van der Waals surface area contributed by atoms with E-state index in [4.69, 9.17) is 4.74 Å². The zero-order chi connectivity index (χ0) is 11.9. The van der Waals surface area contributed by atoms with Gasteiger partial charge < -0.3 is 4.74 Å². The highest BCUT2D eigenvalue weighted by Crippen LogP contribution is 2.26. The molecular formula is C11H19NO3. The molecule has 0 atom stereocenters. The molecule has 0 saturated carbocycles. The van der Waals surface area contributed by atoms with Gasteiger partial charge in [0, 0.05) is 6.54 Å². The van der Waals surface area contributed by atoms with Crippen molar-refractivity contribution in [2.24, 2.45) is 5.41 Å². The quantitative estimate of drug-likeness (QED) is 0.706. The molecule has 15 heavy (non-hydrogen) atoms. The lowest BCUT2D eigenvalue weighted by Gasteiger charge is -2.21. The van der Waals surface area contributed by atoms with Gasteiger partial charge in [-0.25, -0.2) is 9.69 Å². The van der Waals surface area contributed by atoms with E-state index in [1.54, 1.807) is 13.8 Å². The van der Waals surface area contributed by atoms with Crippen LogP contribution in [0.15, 0.2) is 0 Å². The van der Waals surface area contributed by atoms with Crippen molar-refractivity contribution < 1.29 is 14.3 Å². The molecule has 0 spiro atoms. The molecule has 86 valence electrons. The number of imide groups is 1. The van der Waals surface area contributed by atoms with Gasteiger partial charge in [0.05, 0.1) is 0 Å². The lowest BCUT2D eigenvalue weighted by Crippen LogP contribution is -2.37. The third kappa shape index (κ3) is 2.70. The van der Waals surface area contributed by atoms with Crippen LogP contribution < -0.4 is 0 Å². The van der Waals surface area contributed by atoms with E-state index >= 15 is 0 Å². The summed E-state index contributed by atoms with van der Waals surface area (Å²) in [5.74, 6) is -0.239. The van der Waals surface area contributed by atoms with Crippen LogP contribution in [0.2, 0.25) is 0 Å². The zero-order valence-corrected chi connectivity index (χ0v) is 10.1. The lowest BCUT2D eigenvalue weighted by atomic mass is 9.92. The summed E-state index contributed by atoms with van der Waals surface area (Å²) >= 11 is 0. The summed E-state index contributed by atoms with van der Waals surface area (Å²) in [6.07, 6.45) is 0.262. The number of carbonyl (C=O) groups excluding carboxylic acids is 2. The molecule has 4 nitrogen and oxygen atoms in total. The summed E-state index contributed by atoms with van der Waals surface area (Å²) in [5, 5.41) is 0. The van der Waals surface area contributed by atoms with E-state index in [1.807, 2.05) is 0 Å². The molecule has 0 unspecified atom stereocenters. The van der Waals surface area contributed by atoms with Crippen LogP contribution in [-0.2, 0) is 9.53 Å². The number of nitrogens with zero attached hydrogens (tertiary/aromatic N) is 1. The first-order valence-electron chi connectivity index (χ1n) is 5.18. The SMILES string of the molecule is CC(C)(C)CCN1C(=O)OC(C)(C)C1=O. The molecule has 0 aromatic carbocycles. The Bertz CT molecular complexity index is 289. The molecule has 1 aliphatic rings. The standard InChI is InChI=1S/C11H19NO3/c1-10(2,3)6-7-12-8(13)11(4,5)15-9(12)14/h6-7H2,1-5H3. The first-order chi connectivity index (χ1) is 6.63. The molecule has 0 bridgehead atoms. The smallest absolute Gasteiger partial charge is 0.417 e. The van der Waals surface area contributed by atoms with Crippen LogP contribution in [0.25, 0.3) is 0 Å². The number of ether oxygens (including phenoxy) is 1. The van der Waals surface area contributed by atoms with Crippen molar-refractivity contribution >= 4 is 12.0 Å². The summed E-state index contributed by atoms with van der Waals surface area (Å²) in [6.45, 7) is 9.89. The van der Waals surface area contributed by atoms with Gasteiger partial charge >= 0.3 is 6.09 Å². The molecule has 0 radical (unpaired) electrons. The number of rotatable bonds is 2. The molecule has 0 N–H and O–H groups in total. The van der Waals surface area contributed by atoms with Crippen LogP contribution in [-0.4, -0.2) is 29.0 Å². The van der Waals surface area contributed by atoms with E-state index in [-0.39, 0.29) is 11.3 Å². The Morgan fingerprint density at radius 3 is 2.13 bits per heavy atom. The molecule has 2 amide bonds. The van der Waals surface area contributed by atoms with Gasteiger partial charge in [0.1, 0.15) is 0 Å². The Balaban J connectivity index is 2.64. The minimum Gasteiger partial charge on any atom is -0.433 e. The molecule has 0 aromatic heterocycles. The summed E-state index contributed by atoms with van der Waals surface area (Å²) < 4.78 is 4.98. The topological polar surface area (TPSA) is 46.6 Å². The van der Waals surface area contributed by atoms with Gasteiger partial charge in [-0.2, -0.15) is 0 Å². The molecule has 0 aromatic rings. The van der Waals surface area contributed by atoms with Gasteiger partial charge in [-0.1, -0.05) is 20.8 Å². The third-order valence-corrected chi connectivity index (χ3v) is 2.41. The van der Waals surface area contributed by atoms with Crippen LogP contribution in [0.5, 0.6) is 0 Å². The second-order valence-corrected chi connectivity index (χ2v) is 5.65. The maximum Gasteiger partial charge on any atom is 0.417 e. The van der Waals surface area contributed by atoms with E-state index in [2.05, 4.69) is 20.8 Å². The van der Waals surface area contributed by atoms with Crippen molar-refractivity contribution in [1.29, 1.82) is 0 Å². The lowest BCUT2D eigenvalue weighted by molar-refractivity contribution is -0.134. The van der Waals surface area contributed by atoms with Gasteiger partial charge in [0.2, 0.25) is 0 Å². The molecule has 1 heterocycles. The molecule has 1 fully saturated rings. The second-order valence-electron chi connectivity index (χ2n) is 5.65. The molecule has 1 aliphatic heterocycles. The van der Waals surface area contributed by atoms with Crippen molar-refractivity contribution in [3.63, 3.8) is 0 Å². The Kier molecular flexibility index (Phi) is 2.81. The minimum absolute atomic E-state index is 0.104. The van der Waals surface area contributed by atoms with Crippen molar-refractivity contribution in [2.45, 2.75) is 46.6 Å². The van der Waals surface area contributed by atoms with Crippen molar-refractivity contribution in [3.05, 3.63) is 0 Å². The predicted octanol–water partition coefficient (Wildman–Crippen LogP) is 2.18. The third-order valence-electron chi connectivity index (χ3n) is 2.41. The highest BCUT2D eigenvalue weighted by atomic mass is 16.6. The number of amides is 2. The summed E-state index contributed by atoms with van der Waals surface area (Å²) in [7, 11) is 0. The average molecular weight is 213 g/mol. The first kappa shape index (κ1) is 12.0.